The first-order chi connectivity index (χ1) is 9.04. The van der Waals surface area contributed by atoms with E-state index >= 15 is 0 Å². The van der Waals surface area contributed by atoms with E-state index < -0.39 is 18.3 Å². The summed E-state index contributed by atoms with van der Waals surface area (Å²) in [5.74, 6) is 0.648. The Hall–Kier alpha value is -1.34. The number of rotatable bonds is 5. The van der Waals surface area contributed by atoms with E-state index in [2.05, 4.69) is 0 Å². The van der Waals surface area contributed by atoms with E-state index in [4.69, 9.17) is 10.5 Å². The van der Waals surface area contributed by atoms with E-state index in [1.54, 1.807) is 24.3 Å². The Balaban J connectivity index is 1.73. The molecular weight excluding hydrogens is 248 g/mol. The zero-order chi connectivity index (χ0) is 13.8. The molecule has 0 radical (unpaired) electrons. The largest absolute Gasteiger partial charge is 0.491 e. The molecule has 1 aliphatic rings. The van der Waals surface area contributed by atoms with Crippen LogP contribution in [-0.4, -0.2) is 64.8 Å². The molecule has 3 atom stereocenters. The minimum absolute atomic E-state index is 0.159. The summed E-state index contributed by atoms with van der Waals surface area (Å²) < 4.78 is 5.43. The number of aliphatic hydroxyl groups excluding tert-OH is 3. The molecule has 1 aromatic rings. The smallest absolute Gasteiger partial charge is 0.119 e. The summed E-state index contributed by atoms with van der Waals surface area (Å²) in [5.41, 5.74) is 6.22. The third-order valence-electron chi connectivity index (χ3n) is 3.13. The summed E-state index contributed by atoms with van der Waals surface area (Å²) >= 11 is 0. The van der Waals surface area contributed by atoms with Gasteiger partial charge in [0.15, 0.2) is 0 Å². The molecule has 19 heavy (non-hydrogen) atoms. The lowest BCUT2D eigenvalue weighted by molar-refractivity contribution is 0.0572. The van der Waals surface area contributed by atoms with Crippen molar-refractivity contribution in [2.45, 2.75) is 18.3 Å². The Labute approximate surface area is 112 Å². The summed E-state index contributed by atoms with van der Waals surface area (Å²) in [6.07, 6.45) is -2.13. The Morgan fingerprint density at radius 2 is 1.79 bits per heavy atom. The second kappa shape index (κ2) is 6.21. The summed E-state index contributed by atoms with van der Waals surface area (Å²) in [5, 5.41) is 28.6. The summed E-state index contributed by atoms with van der Waals surface area (Å²) in [6.45, 7) is 1.27. The number of nitrogen functional groups attached to an aromatic ring is 1. The number of nitrogens with zero attached hydrogens (tertiary/aromatic N) is 1. The van der Waals surface area contributed by atoms with Crippen molar-refractivity contribution in [1.82, 2.24) is 4.90 Å². The fourth-order valence-corrected chi connectivity index (χ4v) is 2.10. The standard InChI is InChI=1S/C13H20N2O4/c14-9-1-3-11(4-2-9)19-8-10(16)5-15-6-12(17)13(18)7-15/h1-4,10,12-13,16-18H,5-8,14H2. The van der Waals surface area contributed by atoms with Gasteiger partial charge in [-0.25, -0.2) is 0 Å². The van der Waals surface area contributed by atoms with E-state index in [1.165, 1.54) is 0 Å². The maximum absolute atomic E-state index is 9.84. The first-order valence-corrected chi connectivity index (χ1v) is 6.29. The van der Waals surface area contributed by atoms with Crippen molar-refractivity contribution in [2.24, 2.45) is 0 Å². The summed E-state index contributed by atoms with van der Waals surface area (Å²) in [7, 11) is 0. The van der Waals surface area contributed by atoms with E-state index in [0.717, 1.165) is 0 Å². The van der Waals surface area contributed by atoms with Gasteiger partial charge in [0, 0.05) is 25.3 Å². The number of aliphatic hydroxyl groups is 3. The van der Waals surface area contributed by atoms with Crippen LogP contribution < -0.4 is 10.5 Å². The molecule has 6 heteroatoms. The fraction of sp³-hybridized carbons (Fsp3) is 0.538. The number of β-amino-alcohol motifs (C(OH)–C–C–N with tert-alkyl or cyclic N) is 3. The molecule has 1 aliphatic heterocycles. The van der Waals surface area contributed by atoms with Gasteiger partial charge in [-0.15, -0.1) is 0 Å². The number of likely N-dealkylation sites (tertiary alicyclic amines) is 1. The van der Waals surface area contributed by atoms with Crippen LogP contribution in [-0.2, 0) is 0 Å². The lowest BCUT2D eigenvalue weighted by atomic mass is 10.3. The third-order valence-corrected chi connectivity index (χ3v) is 3.13. The second-order valence-electron chi connectivity index (χ2n) is 4.89. The molecule has 0 aliphatic carbocycles. The zero-order valence-electron chi connectivity index (χ0n) is 10.6. The van der Waals surface area contributed by atoms with Gasteiger partial charge in [-0.1, -0.05) is 0 Å². The molecule has 1 aromatic carbocycles. The van der Waals surface area contributed by atoms with Crippen LogP contribution in [0.15, 0.2) is 24.3 Å². The van der Waals surface area contributed by atoms with E-state index in [-0.39, 0.29) is 6.61 Å². The van der Waals surface area contributed by atoms with E-state index in [0.29, 0.717) is 31.1 Å². The van der Waals surface area contributed by atoms with Gasteiger partial charge in [0.25, 0.3) is 0 Å². The van der Waals surface area contributed by atoms with Crippen LogP contribution in [0.25, 0.3) is 0 Å². The van der Waals surface area contributed by atoms with Crippen LogP contribution in [0.2, 0.25) is 0 Å². The van der Waals surface area contributed by atoms with Crippen molar-refractivity contribution in [3.63, 3.8) is 0 Å². The molecule has 1 heterocycles. The zero-order valence-corrected chi connectivity index (χ0v) is 10.6. The normalized spacial score (nSPS) is 25.4. The highest BCUT2D eigenvalue weighted by atomic mass is 16.5. The predicted molar refractivity (Wildman–Crippen MR) is 70.8 cm³/mol. The van der Waals surface area contributed by atoms with Crippen molar-refractivity contribution < 1.29 is 20.1 Å². The van der Waals surface area contributed by atoms with Gasteiger partial charge in [-0.2, -0.15) is 0 Å². The van der Waals surface area contributed by atoms with Gasteiger partial charge in [-0.3, -0.25) is 4.90 Å². The molecule has 2 rings (SSSR count). The molecule has 1 fully saturated rings. The number of anilines is 1. The van der Waals surface area contributed by atoms with Crippen molar-refractivity contribution in [2.75, 3.05) is 32.0 Å². The van der Waals surface area contributed by atoms with E-state index in [9.17, 15) is 15.3 Å². The van der Waals surface area contributed by atoms with Crippen LogP contribution in [0, 0.1) is 0 Å². The van der Waals surface area contributed by atoms with Crippen molar-refractivity contribution in [3.8, 4) is 5.75 Å². The van der Waals surface area contributed by atoms with Crippen LogP contribution >= 0.6 is 0 Å². The van der Waals surface area contributed by atoms with Gasteiger partial charge in [0.1, 0.15) is 18.5 Å². The van der Waals surface area contributed by atoms with Crippen LogP contribution in [0.3, 0.4) is 0 Å². The average Bonchev–Trinajstić information content (AvgIpc) is 2.67. The molecule has 0 bridgehead atoms. The first-order valence-electron chi connectivity index (χ1n) is 6.29. The molecule has 0 amide bonds. The van der Waals surface area contributed by atoms with Crippen LogP contribution in [0.1, 0.15) is 0 Å². The van der Waals surface area contributed by atoms with Crippen molar-refractivity contribution in [3.05, 3.63) is 24.3 Å². The number of hydrogen-bond donors (Lipinski definition) is 4. The molecule has 6 nitrogen and oxygen atoms in total. The molecule has 106 valence electrons. The topological polar surface area (TPSA) is 99.2 Å². The van der Waals surface area contributed by atoms with Crippen LogP contribution in [0.4, 0.5) is 5.69 Å². The highest BCUT2D eigenvalue weighted by molar-refractivity contribution is 5.41. The lowest BCUT2D eigenvalue weighted by Gasteiger charge is -2.19. The number of benzene rings is 1. The molecule has 5 N–H and O–H groups in total. The number of nitrogens with two attached hydrogens (primary N) is 1. The average molecular weight is 268 g/mol. The maximum atomic E-state index is 9.84. The molecular formula is C13H20N2O4. The molecule has 0 spiro atoms. The Morgan fingerprint density at radius 1 is 1.21 bits per heavy atom. The molecule has 0 saturated carbocycles. The van der Waals surface area contributed by atoms with E-state index in [1.807, 2.05) is 4.90 Å². The Kier molecular flexibility index (Phi) is 4.60. The van der Waals surface area contributed by atoms with Gasteiger partial charge in [-0.05, 0) is 24.3 Å². The second-order valence-corrected chi connectivity index (χ2v) is 4.89. The summed E-state index contributed by atoms with van der Waals surface area (Å²) in [6, 6.07) is 6.95. The molecule has 3 unspecified atom stereocenters. The first kappa shape index (κ1) is 14.1. The Morgan fingerprint density at radius 3 is 2.37 bits per heavy atom. The van der Waals surface area contributed by atoms with Crippen LogP contribution in [0.5, 0.6) is 5.75 Å². The minimum Gasteiger partial charge on any atom is -0.491 e. The monoisotopic (exact) mass is 268 g/mol. The number of ether oxygens (including phenoxy) is 1. The number of hydrogen-bond acceptors (Lipinski definition) is 6. The fourth-order valence-electron chi connectivity index (χ4n) is 2.10. The van der Waals surface area contributed by atoms with Crippen molar-refractivity contribution >= 4 is 5.69 Å². The molecule has 1 saturated heterocycles. The highest BCUT2D eigenvalue weighted by Crippen LogP contribution is 2.14. The summed E-state index contributed by atoms with van der Waals surface area (Å²) in [4.78, 5) is 1.81. The minimum atomic E-state index is -0.731. The van der Waals surface area contributed by atoms with Gasteiger partial charge >= 0.3 is 0 Å². The van der Waals surface area contributed by atoms with Gasteiger partial charge in [0.05, 0.1) is 12.2 Å². The van der Waals surface area contributed by atoms with Gasteiger partial charge in [0.2, 0.25) is 0 Å². The van der Waals surface area contributed by atoms with Crippen molar-refractivity contribution in [1.29, 1.82) is 0 Å². The SMILES string of the molecule is Nc1ccc(OCC(O)CN2CC(O)C(O)C2)cc1. The van der Waals surface area contributed by atoms with Gasteiger partial charge < -0.3 is 25.8 Å². The lowest BCUT2D eigenvalue weighted by Crippen LogP contribution is -2.35. The quantitative estimate of drug-likeness (QED) is 0.514. The Bertz CT molecular complexity index is 388. The third kappa shape index (κ3) is 4.07. The molecule has 0 aromatic heterocycles. The highest BCUT2D eigenvalue weighted by Gasteiger charge is 2.30. The maximum Gasteiger partial charge on any atom is 0.119 e. The predicted octanol–water partition coefficient (Wildman–Crippen LogP) is -0.954.